The standard InChI is InChI=1S/C21H27ClN4O2S.C5H7NO/c1-5-24-21(28)19(29-10-9-15(2)14-23)11-16(3)25-17-7-6-8-18(12-17)26(4)20(27)13-22;1-3-4-6-5(2)7/h6-9,11-12,16,25H,5,10,13H2,1-4H3,(H,24,28);1H,4H2,2H3,(H,6,7). The molecule has 1 aromatic rings. The number of halogens is 1. The van der Waals surface area contributed by atoms with Crippen molar-refractivity contribution >= 4 is 52.5 Å². The molecule has 3 amide bonds. The Hall–Kier alpha value is -3.40. The molecule has 0 aliphatic rings. The van der Waals surface area contributed by atoms with Gasteiger partial charge >= 0.3 is 0 Å². The van der Waals surface area contributed by atoms with E-state index in [2.05, 4.69) is 27.9 Å². The number of rotatable bonds is 11. The molecule has 0 aromatic heterocycles. The lowest BCUT2D eigenvalue weighted by Crippen LogP contribution is -2.27. The molecule has 0 spiro atoms. The molecule has 10 heteroatoms. The van der Waals surface area contributed by atoms with Gasteiger partial charge in [0.1, 0.15) is 5.88 Å². The van der Waals surface area contributed by atoms with Crippen LogP contribution in [-0.2, 0) is 14.4 Å². The summed E-state index contributed by atoms with van der Waals surface area (Å²) in [4.78, 5) is 36.2. The van der Waals surface area contributed by atoms with Gasteiger partial charge in [-0.3, -0.25) is 14.4 Å². The number of hydrogen-bond acceptors (Lipinski definition) is 6. The first-order chi connectivity index (χ1) is 17.1. The van der Waals surface area contributed by atoms with E-state index in [9.17, 15) is 14.4 Å². The second-order valence-electron chi connectivity index (χ2n) is 7.38. The normalized spacial score (nSPS) is 11.6. The smallest absolute Gasteiger partial charge is 0.257 e. The molecule has 0 aliphatic heterocycles. The Labute approximate surface area is 223 Å². The second kappa shape index (κ2) is 18.9. The molecule has 36 heavy (non-hydrogen) atoms. The van der Waals surface area contributed by atoms with Gasteiger partial charge in [0.05, 0.1) is 17.5 Å². The highest BCUT2D eigenvalue weighted by molar-refractivity contribution is 8.04. The molecule has 8 nitrogen and oxygen atoms in total. The summed E-state index contributed by atoms with van der Waals surface area (Å²) >= 11 is 7.01. The number of hydrogen-bond donors (Lipinski definition) is 3. The molecule has 1 atom stereocenters. The summed E-state index contributed by atoms with van der Waals surface area (Å²) in [5.41, 5.74) is 2.17. The summed E-state index contributed by atoms with van der Waals surface area (Å²) in [7, 11) is 1.67. The van der Waals surface area contributed by atoms with Crippen molar-refractivity contribution in [2.45, 2.75) is 33.7 Å². The molecule has 0 aliphatic carbocycles. The predicted molar refractivity (Wildman–Crippen MR) is 150 cm³/mol. The van der Waals surface area contributed by atoms with Gasteiger partial charge in [0.2, 0.25) is 11.8 Å². The number of carbonyl (C=O) groups is 3. The number of carbonyl (C=O) groups excluding carboxylic acids is 3. The SMILES string of the molecule is C#CCNC(C)=O.CCNC(=O)C(=CC(C)Nc1cccc(N(C)C(=O)CCl)c1)SCC=C(C)C#N. The minimum absolute atomic E-state index is 0.0832. The van der Waals surface area contributed by atoms with E-state index >= 15 is 0 Å². The first-order valence-electron chi connectivity index (χ1n) is 11.2. The van der Waals surface area contributed by atoms with E-state index in [1.807, 2.05) is 44.2 Å². The van der Waals surface area contributed by atoms with Crippen LogP contribution in [0.4, 0.5) is 11.4 Å². The van der Waals surface area contributed by atoms with Gasteiger partial charge in [-0.1, -0.05) is 18.1 Å². The number of thioether (sulfide) groups is 1. The average molecular weight is 532 g/mol. The highest BCUT2D eigenvalue weighted by atomic mass is 35.5. The van der Waals surface area contributed by atoms with Crippen LogP contribution < -0.4 is 20.9 Å². The summed E-state index contributed by atoms with van der Waals surface area (Å²) in [6.45, 7) is 7.84. The van der Waals surface area contributed by atoms with Crippen LogP contribution in [0, 0.1) is 23.7 Å². The van der Waals surface area contributed by atoms with Gasteiger partial charge in [0.25, 0.3) is 5.91 Å². The number of nitrogens with one attached hydrogen (secondary N) is 3. The average Bonchev–Trinajstić information content (AvgIpc) is 2.86. The highest BCUT2D eigenvalue weighted by Gasteiger charge is 2.13. The third kappa shape index (κ3) is 14.1. The fourth-order valence-electron chi connectivity index (χ4n) is 2.48. The first-order valence-corrected chi connectivity index (χ1v) is 12.7. The van der Waals surface area contributed by atoms with E-state index in [1.165, 1.54) is 23.6 Å². The van der Waals surface area contributed by atoms with Crippen molar-refractivity contribution in [3.8, 4) is 18.4 Å². The minimum atomic E-state index is -0.188. The Balaban J connectivity index is 0.00000152. The molecule has 0 bridgehead atoms. The number of allylic oxidation sites excluding steroid dienone is 1. The van der Waals surface area contributed by atoms with Gasteiger partial charge in [-0.05, 0) is 45.0 Å². The zero-order chi connectivity index (χ0) is 27.5. The van der Waals surface area contributed by atoms with Gasteiger partial charge in [-0.25, -0.2) is 0 Å². The van der Waals surface area contributed by atoms with E-state index in [4.69, 9.17) is 23.3 Å². The Kier molecular flexibility index (Phi) is 17.1. The molecular formula is C26H34ClN5O3S. The zero-order valence-electron chi connectivity index (χ0n) is 21.4. The monoisotopic (exact) mass is 531 g/mol. The van der Waals surface area contributed by atoms with Crippen LogP contribution in [0.5, 0.6) is 0 Å². The molecule has 1 unspecified atom stereocenters. The lowest BCUT2D eigenvalue weighted by molar-refractivity contribution is -0.119. The fraction of sp³-hybridized carbons (Fsp3) is 0.385. The van der Waals surface area contributed by atoms with Crippen LogP contribution in [0.25, 0.3) is 0 Å². The largest absolute Gasteiger partial charge is 0.379 e. The molecule has 0 heterocycles. The van der Waals surface area contributed by atoms with Crippen molar-refractivity contribution in [1.82, 2.24) is 10.6 Å². The van der Waals surface area contributed by atoms with Crippen molar-refractivity contribution in [3.63, 3.8) is 0 Å². The van der Waals surface area contributed by atoms with Crippen LogP contribution in [0.2, 0.25) is 0 Å². The number of likely N-dealkylation sites (N-methyl/N-ethyl adjacent to an activating group) is 1. The maximum absolute atomic E-state index is 12.4. The minimum Gasteiger partial charge on any atom is -0.379 e. The van der Waals surface area contributed by atoms with Gasteiger partial charge in [-0.15, -0.1) is 29.8 Å². The predicted octanol–water partition coefficient (Wildman–Crippen LogP) is 3.67. The van der Waals surface area contributed by atoms with Crippen LogP contribution in [-0.4, -0.2) is 55.5 Å². The lowest BCUT2D eigenvalue weighted by Gasteiger charge is -2.19. The van der Waals surface area contributed by atoms with Gasteiger partial charge < -0.3 is 20.9 Å². The number of alkyl halides is 1. The van der Waals surface area contributed by atoms with Gasteiger partial charge in [-0.2, -0.15) is 5.26 Å². The molecule has 0 fully saturated rings. The Morgan fingerprint density at radius 3 is 2.50 bits per heavy atom. The maximum atomic E-state index is 12.4. The number of anilines is 2. The number of terminal acetylenes is 1. The van der Waals surface area contributed by atoms with Crippen molar-refractivity contribution in [2.24, 2.45) is 0 Å². The van der Waals surface area contributed by atoms with Crippen molar-refractivity contribution in [3.05, 3.63) is 46.9 Å². The summed E-state index contributed by atoms with van der Waals surface area (Å²) in [5.74, 6) is 2.31. The summed E-state index contributed by atoms with van der Waals surface area (Å²) in [6.07, 6.45) is 8.46. The van der Waals surface area contributed by atoms with E-state index in [0.717, 1.165) is 11.4 Å². The molecular weight excluding hydrogens is 498 g/mol. The molecule has 194 valence electrons. The number of nitriles is 1. The first kappa shape index (κ1) is 32.6. The van der Waals surface area contributed by atoms with E-state index in [0.29, 0.717) is 29.3 Å². The zero-order valence-corrected chi connectivity index (χ0v) is 22.9. The second-order valence-corrected chi connectivity index (χ2v) is 8.71. The molecule has 0 radical (unpaired) electrons. The molecule has 1 rings (SSSR count). The van der Waals surface area contributed by atoms with E-state index < -0.39 is 0 Å². The number of benzene rings is 1. The Bertz CT molecular complexity index is 1030. The Morgan fingerprint density at radius 2 is 1.97 bits per heavy atom. The summed E-state index contributed by atoms with van der Waals surface area (Å²) in [6, 6.07) is 9.36. The topological polar surface area (TPSA) is 114 Å². The quantitative estimate of drug-likeness (QED) is 0.174. The summed E-state index contributed by atoms with van der Waals surface area (Å²) in [5, 5.41) is 17.4. The molecule has 1 aromatic carbocycles. The van der Waals surface area contributed by atoms with E-state index in [1.54, 1.807) is 20.0 Å². The maximum Gasteiger partial charge on any atom is 0.257 e. The molecule has 0 saturated heterocycles. The van der Waals surface area contributed by atoms with Gasteiger partial charge in [0, 0.05) is 49.3 Å². The third-order valence-electron chi connectivity index (χ3n) is 4.32. The molecule has 0 saturated carbocycles. The molecule has 3 N–H and O–H groups in total. The van der Waals surface area contributed by atoms with Crippen LogP contribution in [0.3, 0.4) is 0 Å². The van der Waals surface area contributed by atoms with Crippen molar-refractivity contribution < 1.29 is 14.4 Å². The highest BCUT2D eigenvalue weighted by Crippen LogP contribution is 2.22. The van der Waals surface area contributed by atoms with Crippen LogP contribution in [0.1, 0.15) is 27.7 Å². The van der Waals surface area contributed by atoms with Crippen molar-refractivity contribution in [2.75, 3.05) is 42.0 Å². The summed E-state index contributed by atoms with van der Waals surface area (Å²) < 4.78 is 0. The van der Waals surface area contributed by atoms with E-state index in [-0.39, 0.29) is 29.6 Å². The van der Waals surface area contributed by atoms with Crippen LogP contribution >= 0.6 is 23.4 Å². The van der Waals surface area contributed by atoms with Crippen LogP contribution in [0.15, 0.2) is 46.9 Å². The lowest BCUT2D eigenvalue weighted by atomic mass is 10.2. The Morgan fingerprint density at radius 1 is 1.28 bits per heavy atom. The number of amides is 3. The fourth-order valence-corrected chi connectivity index (χ4v) is 3.68. The van der Waals surface area contributed by atoms with Gasteiger partial charge in [0.15, 0.2) is 0 Å². The third-order valence-corrected chi connectivity index (χ3v) is 5.52. The van der Waals surface area contributed by atoms with Crippen molar-refractivity contribution in [1.29, 1.82) is 5.26 Å². The number of nitrogens with zero attached hydrogens (tertiary/aromatic N) is 2.